The third kappa shape index (κ3) is 1.57. The van der Waals surface area contributed by atoms with E-state index in [4.69, 9.17) is 23.2 Å². The summed E-state index contributed by atoms with van der Waals surface area (Å²) in [5.41, 5.74) is 0. The predicted octanol–water partition coefficient (Wildman–Crippen LogP) is 3.18. The summed E-state index contributed by atoms with van der Waals surface area (Å²) in [5.74, 6) is 0.642. The van der Waals surface area contributed by atoms with Crippen LogP contribution in [0.3, 0.4) is 0 Å². The minimum Gasteiger partial charge on any atom is -0.220 e. The molecule has 0 aromatic carbocycles. The van der Waals surface area contributed by atoms with E-state index < -0.39 is 0 Å². The minimum atomic E-state index is 0.205. The molecule has 0 saturated heterocycles. The topological polar surface area (TPSA) is 43.6 Å². The van der Waals surface area contributed by atoms with Gasteiger partial charge < -0.3 is 0 Å². The maximum Gasteiger partial charge on any atom is 0.225 e. The van der Waals surface area contributed by atoms with E-state index in [1.807, 2.05) is 11.4 Å². The van der Waals surface area contributed by atoms with Crippen LogP contribution in [0.1, 0.15) is 0 Å². The van der Waals surface area contributed by atoms with Gasteiger partial charge in [-0.15, -0.1) is 11.3 Å². The van der Waals surface area contributed by atoms with Crippen molar-refractivity contribution in [2.45, 2.75) is 0 Å². The molecule has 0 spiro atoms. The molecule has 0 N–H and O–H groups in total. The normalized spacial score (nSPS) is 11.1. The van der Waals surface area contributed by atoms with Crippen LogP contribution in [-0.4, -0.2) is 19.7 Å². The van der Waals surface area contributed by atoms with Crippen molar-refractivity contribution in [1.29, 1.82) is 0 Å². The largest absolute Gasteiger partial charge is 0.225 e. The molecule has 0 fully saturated rings. The SMILES string of the molecule is Clc1cnn(-c2nc(Cl)nc3sccc23)c1. The first kappa shape index (κ1) is 10.0. The maximum atomic E-state index is 5.85. The quantitative estimate of drug-likeness (QED) is 0.638. The molecule has 0 aliphatic heterocycles. The molecule has 0 aliphatic rings. The Balaban J connectivity index is 2.33. The van der Waals surface area contributed by atoms with Gasteiger partial charge in [0.25, 0.3) is 0 Å². The van der Waals surface area contributed by atoms with E-state index >= 15 is 0 Å². The molecule has 0 atom stereocenters. The summed E-state index contributed by atoms with van der Waals surface area (Å²) >= 11 is 13.2. The van der Waals surface area contributed by atoms with E-state index in [1.54, 1.807) is 17.1 Å². The van der Waals surface area contributed by atoms with E-state index in [-0.39, 0.29) is 5.28 Å². The van der Waals surface area contributed by atoms with Crippen molar-refractivity contribution in [1.82, 2.24) is 19.7 Å². The van der Waals surface area contributed by atoms with Crippen molar-refractivity contribution in [3.05, 3.63) is 34.1 Å². The molecular formula is C9H4Cl2N4S. The molecule has 0 radical (unpaired) electrons. The minimum absolute atomic E-state index is 0.205. The van der Waals surface area contributed by atoms with Crippen LogP contribution in [0.15, 0.2) is 23.8 Å². The maximum absolute atomic E-state index is 5.85. The number of fused-ring (bicyclic) bond motifs is 1. The number of aromatic nitrogens is 4. The van der Waals surface area contributed by atoms with Crippen molar-refractivity contribution in [3.8, 4) is 5.82 Å². The molecule has 0 amide bonds. The second-order valence-corrected chi connectivity index (χ2v) is 4.73. The summed E-state index contributed by atoms with van der Waals surface area (Å²) in [7, 11) is 0. The lowest BCUT2D eigenvalue weighted by Gasteiger charge is -2.01. The monoisotopic (exact) mass is 270 g/mol. The first-order valence-electron chi connectivity index (χ1n) is 4.35. The fourth-order valence-electron chi connectivity index (χ4n) is 1.41. The Morgan fingerprint density at radius 3 is 2.88 bits per heavy atom. The summed E-state index contributed by atoms with van der Waals surface area (Å²) in [6.45, 7) is 0. The van der Waals surface area contributed by atoms with Gasteiger partial charge in [0.1, 0.15) is 4.83 Å². The van der Waals surface area contributed by atoms with Gasteiger partial charge in [-0.1, -0.05) is 11.6 Å². The van der Waals surface area contributed by atoms with Crippen LogP contribution in [0.5, 0.6) is 0 Å². The van der Waals surface area contributed by atoms with Crippen molar-refractivity contribution in [2.24, 2.45) is 0 Å². The molecule has 16 heavy (non-hydrogen) atoms. The van der Waals surface area contributed by atoms with Crippen molar-refractivity contribution in [3.63, 3.8) is 0 Å². The fraction of sp³-hybridized carbons (Fsp3) is 0. The Morgan fingerprint density at radius 1 is 1.25 bits per heavy atom. The van der Waals surface area contributed by atoms with E-state index in [9.17, 15) is 0 Å². The lowest BCUT2D eigenvalue weighted by molar-refractivity contribution is 0.852. The smallest absolute Gasteiger partial charge is 0.220 e. The van der Waals surface area contributed by atoms with Gasteiger partial charge in [0.05, 0.1) is 22.8 Å². The van der Waals surface area contributed by atoms with Gasteiger partial charge in [-0.3, -0.25) is 0 Å². The lowest BCUT2D eigenvalue weighted by Crippen LogP contribution is -1.99. The van der Waals surface area contributed by atoms with E-state index in [2.05, 4.69) is 15.1 Å². The van der Waals surface area contributed by atoms with Gasteiger partial charge in [0.2, 0.25) is 5.28 Å². The molecule has 3 heterocycles. The number of halogens is 2. The number of nitrogens with zero attached hydrogens (tertiary/aromatic N) is 4. The van der Waals surface area contributed by atoms with Crippen LogP contribution < -0.4 is 0 Å². The highest BCUT2D eigenvalue weighted by Gasteiger charge is 2.10. The van der Waals surface area contributed by atoms with Crippen LogP contribution >= 0.6 is 34.5 Å². The Bertz CT molecular complexity index is 660. The first-order valence-corrected chi connectivity index (χ1v) is 5.99. The number of hydrogen-bond acceptors (Lipinski definition) is 4. The zero-order valence-corrected chi connectivity index (χ0v) is 10.1. The van der Waals surface area contributed by atoms with Gasteiger partial charge in [-0.05, 0) is 23.0 Å². The molecule has 80 valence electrons. The summed E-state index contributed by atoms with van der Waals surface area (Å²) in [6, 6.07) is 1.93. The van der Waals surface area contributed by atoms with Gasteiger partial charge in [0, 0.05) is 0 Å². The van der Waals surface area contributed by atoms with Crippen LogP contribution in [0.4, 0.5) is 0 Å². The van der Waals surface area contributed by atoms with Crippen molar-refractivity contribution < 1.29 is 0 Å². The van der Waals surface area contributed by atoms with Crippen LogP contribution in [0.2, 0.25) is 10.3 Å². The first-order chi connectivity index (χ1) is 7.74. The third-order valence-electron chi connectivity index (χ3n) is 2.05. The second-order valence-electron chi connectivity index (χ2n) is 3.06. The molecule has 7 heteroatoms. The van der Waals surface area contributed by atoms with E-state index in [0.717, 1.165) is 10.2 Å². The highest BCUT2D eigenvalue weighted by Crippen LogP contribution is 2.25. The zero-order chi connectivity index (χ0) is 11.1. The van der Waals surface area contributed by atoms with Gasteiger partial charge in [0.15, 0.2) is 5.82 Å². The van der Waals surface area contributed by atoms with Gasteiger partial charge in [-0.2, -0.15) is 10.1 Å². The average Bonchev–Trinajstić information content (AvgIpc) is 2.84. The summed E-state index contributed by atoms with van der Waals surface area (Å²) < 4.78 is 1.59. The van der Waals surface area contributed by atoms with Crippen LogP contribution in [0.25, 0.3) is 16.0 Å². The average molecular weight is 271 g/mol. The van der Waals surface area contributed by atoms with Crippen LogP contribution in [-0.2, 0) is 0 Å². The molecule has 3 aromatic rings. The third-order valence-corrected chi connectivity index (χ3v) is 3.22. The molecule has 4 nitrogen and oxygen atoms in total. The van der Waals surface area contributed by atoms with Crippen molar-refractivity contribution >= 4 is 44.8 Å². The Labute approximate surface area is 104 Å². The summed E-state index contributed by atoms with van der Waals surface area (Å²) in [4.78, 5) is 9.12. The molecule has 0 unspecified atom stereocenters. The lowest BCUT2D eigenvalue weighted by atomic mass is 10.4. The Morgan fingerprint density at radius 2 is 2.12 bits per heavy atom. The summed E-state index contributed by atoms with van der Waals surface area (Å²) in [5, 5.41) is 7.70. The highest BCUT2D eigenvalue weighted by molar-refractivity contribution is 7.16. The molecule has 0 bridgehead atoms. The number of thiophene rings is 1. The van der Waals surface area contributed by atoms with Gasteiger partial charge >= 0.3 is 0 Å². The molecule has 3 rings (SSSR count). The molecule has 3 aromatic heterocycles. The standard InChI is InChI=1S/C9H4Cl2N4S/c10-5-3-12-15(4-5)7-6-1-2-16-8(6)14-9(11)13-7/h1-4H. The zero-order valence-electron chi connectivity index (χ0n) is 7.76. The second kappa shape index (κ2) is 3.69. The predicted molar refractivity (Wildman–Crippen MR) is 64.6 cm³/mol. The fourth-order valence-corrected chi connectivity index (χ4v) is 2.52. The van der Waals surface area contributed by atoms with Crippen LogP contribution in [0, 0.1) is 0 Å². The van der Waals surface area contributed by atoms with Gasteiger partial charge in [-0.25, -0.2) is 9.67 Å². The molecule has 0 aliphatic carbocycles. The highest BCUT2D eigenvalue weighted by atomic mass is 35.5. The van der Waals surface area contributed by atoms with Crippen molar-refractivity contribution in [2.75, 3.05) is 0 Å². The Hall–Kier alpha value is -1.17. The Kier molecular flexibility index (Phi) is 2.31. The van der Waals surface area contributed by atoms with E-state index in [1.165, 1.54) is 11.3 Å². The van der Waals surface area contributed by atoms with E-state index in [0.29, 0.717) is 10.8 Å². The number of hydrogen-bond donors (Lipinski definition) is 0. The number of rotatable bonds is 1. The molecular weight excluding hydrogens is 267 g/mol. The molecule has 0 saturated carbocycles. The summed E-state index contributed by atoms with van der Waals surface area (Å²) in [6.07, 6.45) is 3.23.